The molecule has 73 heavy (non-hydrogen) atoms. The van der Waals surface area contributed by atoms with Gasteiger partial charge in [-0.05, 0) is 50.5 Å². The molecule has 0 aliphatic carbocycles. The van der Waals surface area contributed by atoms with E-state index in [0.717, 1.165) is 55.2 Å². The molecule has 0 bridgehead atoms. The van der Waals surface area contributed by atoms with Crippen molar-refractivity contribution in [1.29, 1.82) is 0 Å². The molecule has 420 valence electrons. The van der Waals surface area contributed by atoms with E-state index in [2.05, 4.69) is 42.2 Å². The predicted molar refractivity (Wildman–Crippen MR) is 281 cm³/mol. The monoisotopic (exact) mass is 1080 g/mol. The lowest BCUT2D eigenvalue weighted by Crippen LogP contribution is -2.36. The molecule has 7 N–H and O–H groups in total. The zero-order chi connectivity index (χ0) is 53.7. The number of unbranched alkanes of at least 4 members (excludes halogenated alkanes) is 19. The van der Waals surface area contributed by atoms with Gasteiger partial charge in [-0.25, -0.2) is 13.9 Å². The number of esters is 2. The maximum atomic E-state index is 12.9. The lowest BCUT2D eigenvalue weighted by atomic mass is 10.0. The summed E-state index contributed by atoms with van der Waals surface area (Å²) in [6, 6.07) is 1.24. The molecule has 19 nitrogen and oxygen atoms in total. The van der Waals surface area contributed by atoms with Crippen molar-refractivity contribution in [1.82, 2.24) is 9.55 Å². The molecule has 0 saturated carbocycles. The highest BCUT2D eigenvalue weighted by atomic mass is 31.3. The highest BCUT2D eigenvalue weighted by molar-refractivity contribution is 7.61. The molecule has 8 atom stereocenters. The molecule has 2 rings (SSSR count). The number of rotatable bonds is 44. The Kier molecular flexibility index (Phi) is 35.6. The van der Waals surface area contributed by atoms with Gasteiger partial charge in [0.2, 0.25) is 0 Å². The van der Waals surface area contributed by atoms with Crippen LogP contribution in [0.4, 0.5) is 5.82 Å². The number of ether oxygens (including phenoxy) is 3. The third kappa shape index (κ3) is 32.9. The van der Waals surface area contributed by atoms with Gasteiger partial charge in [-0.3, -0.25) is 23.2 Å². The molecule has 0 amide bonds. The van der Waals surface area contributed by atoms with Gasteiger partial charge < -0.3 is 45.1 Å². The highest BCUT2D eigenvalue weighted by Gasteiger charge is 2.46. The highest BCUT2D eigenvalue weighted by Crippen LogP contribution is 2.60. The van der Waals surface area contributed by atoms with Crippen molar-refractivity contribution >= 4 is 33.4 Å². The van der Waals surface area contributed by atoms with E-state index < -0.39 is 89.8 Å². The van der Waals surface area contributed by atoms with Crippen LogP contribution in [0.25, 0.3) is 0 Å². The molecule has 3 unspecified atom stereocenters. The number of aliphatic hydroxyl groups is 3. The number of aliphatic hydroxyl groups excluding tert-OH is 3. The minimum atomic E-state index is -5.46. The van der Waals surface area contributed by atoms with Crippen LogP contribution >= 0.6 is 15.6 Å². The number of carbonyl (C=O) groups excluding carboxylic acids is 2. The van der Waals surface area contributed by atoms with Crippen molar-refractivity contribution in [3.63, 3.8) is 0 Å². The van der Waals surface area contributed by atoms with E-state index in [1.807, 2.05) is 12.2 Å². The molecule has 0 spiro atoms. The zero-order valence-corrected chi connectivity index (χ0v) is 45.8. The van der Waals surface area contributed by atoms with Gasteiger partial charge in [0.15, 0.2) is 12.3 Å². The second-order valence-electron chi connectivity index (χ2n) is 19.4. The number of anilines is 1. The second-order valence-corrected chi connectivity index (χ2v) is 22.5. The number of nitrogens with zero attached hydrogens (tertiary/aromatic N) is 2. The fourth-order valence-electron chi connectivity index (χ4n) is 8.04. The molecular formula is C52H91N3O16P2. The van der Waals surface area contributed by atoms with Crippen LogP contribution in [0.15, 0.2) is 53.5 Å². The van der Waals surface area contributed by atoms with E-state index in [1.165, 1.54) is 109 Å². The van der Waals surface area contributed by atoms with Crippen molar-refractivity contribution < 1.29 is 71.4 Å². The van der Waals surface area contributed by atoms with Crippen molar-refractivity contribution in [3.05, 3.63) is 59.2 Å². The Labute approximate surface area is 434 Å². The van der Waals surface area contributed by atoms with Crippen molar-refractivity contribution in [3.8, 4) is 0 Å². The molecule has 0 aromatic carbocycles. The maximum absolute atomic E-state index is 12.9. The van der Waals surface area contributed by atoms with Gasteiger partial charge in [-0.2, -0.15) is 9.29 Å². The van der Waals surface area contributed by atoms with Crippen LogP contribution in [0.2, 0.25) is 0 Å². The van der Waals surface area contributed by atoms with E-state index in [-0.39, 0.29) is 31.5 Å². The summed E-state index contributed by atoms with van der Waals surface area (Å²) in [5.74, 6) is -0.709. The van der Waals surface area contributed by atoms with Gasteiger partial charge in [-0.1, -0.05) is 179 Å². The predicted octanol–water partition coefficient (Wildman–Crippen LogP) is 10.4. The third-order valence-electron chi connectivity index (χ3n) is 12.3. The first-order chi connectivity index (χ1) is 34.9. The number of nitrogen functional groups attached to an aromatic ring is 1. The smallest absolute Gasteiger partial charge is 0.462 e. The van der Waals surface area contributed by atoms with Gasteiger partial charge in [0.1, 0.15) is 30.7 Å². The third-order valence-corrected chi connectivity index (χ3v) is 14.9. The second kappa shape index (κ2) is 39.3. The van der Waals surface area contributed by atoms with Crippen LogP contribution in [0.1, 0.15) is 200 Å². The number of aromatic nitrogens is 2. The Hall–Kier alpha value is -3.06. The Morgan fingerprint density at radius 3 is 1.97 bits per heavy atom. The van der Waals surface area contributed by atoms with E-state index in [1.54, 1.807) is 12.2 Å². The molecule has 1 saturated heterocycles. The normalized spacial score (nSPS) is 19.7. The Morgan fingerprint density at radius 1 is 0.753 bits per heavy atom. The van der Waals surface area contributed by atoms with Crippen LogP contribution in [0.3, 0.4) is 0 Å². The first-order valence-corrected chi connectivity index (χ1v) is 30.0. The maximum Gasteiger partial charge on any atom is 0.481 e. The summed E-state index contributed by atoms with van der Waals surface area (Å²) < 4.78 is 56.7. The molecule has 1 aromatic heterocycles. The average Bonchev–Trinajstić information content (AvgIpc) is 3.61. The standard InChI is InChI=1S/C52H91N3O16P2/c1-4-5-6-7-8-9-10-13-17-20-23-26-29-33-43(56)34-31-36-47(57)66-39-44(69-48(58)35-30-27-24-21-18-15-12-11-14-16-19-22-25-28-32-42(2)3)40-67-72(62,63)71-73(64,65)68-41-45-49(59)50(60)51(70-45)55-38-37-46(53)54-52(55)61/h13,17,23,26,29,33,37-38,42-45,49-51,56,59-60H,4-12,14-16,18-22,24-25,27-28,30-32,34-36,39-41H2,1-3H3,(H,62,63)(H,64,65)(H2,53,54,61)/b17-13+,26-23+,33-29+/t43?,44-,45-,49-,50-,51-/m1/s1. The summed E-state index contributed by atoms with van der Waals surface area (Å²) in [7, 11) is -10.9. The topological polar surface area (TPSA) is 286 Å². The van der Waals surface area contributed by atoms with Crippen molar-refractivity contribution in [2.45, 2.75) is 231 Å². The molecule has 1 aliphatic rings. The summed E-state index contributed by atoms with van der Waals surface area (Å²) in [5.41, 5.74) is 4.58. The Morgan fingerprint density at radius 2 is 1.34 bits per heavy atom. The average molecular weight is 1080 g/mol. The minimum absolute atomic E-state index is 0.0134. The number of hydrogen-bond donors (Lipinski definition) is 6. The number of hydrogen-bond acceptors (Lipinski definition) is 16. The van der Waals surface area contributed by atoms with Gasteiger partial charge in [-0.15, -0.1) is 0 Å². The first-order valence-electron chi connectivity index (χ1n) is 27.0. The number of phosphoric ester groups is 2. The molecule has 1 fully saturated rings. The lowest BCUT2D eigenvalue weighted by molar-refractivity contribution is -0.161. The van der Waals surface area contributed by atoms with Crippen LogP contribution in [-0.4, -0.2) is 96.9 Å². The summed E-state index contributed by atoms with van der Waals surface area (Å²) >= 11 is 0. The largest absolute Gasteiger partial charge is 0.481 e. The molecule has 1 aromatic rings. The number of allylic oxidation sites excluding steroid dienone is 5. The Balaban J connectivity index is 1.83. The van der Waals surface area contributed by atoms with Gasteiger partial charge in [0, 0.05) is 19.0 Å². The van der Waals surface area contributed by atoms with Crippen molar-refractivity contribution in [2.75, 3.05) is 25.6 Å². The molecule has 0 radical (unpaired) electrons. The van der Waals surface area contributed by atoms with Gasteiger partial charge in [0.05, 0.1) is 19.3 Å². The summed E-state index contributed by atoms with van der Waals surface area (Å²) in [6.45, 7) is 4.30. The molecule has 21 heteroatoms. The van der Waals surface area contributed by atoms with Crippen molar-refractivity contribution in [2.24, 2.45) is 5.92 Å². The number of carbonyl (C=O) groups is 2. The van der Waals surface area contributed by atoms with E-state index in [4.69, 9.17) is 29.0 Å². The zero-order valence-electron chi connectivity index (χ0n) is 44.0. The summed E-state index contributed by atoms with van der Waals surface area (Å²) in [5, 5.41) is 31.3. The first kappa shape index (κ1) is 66.1. The molecule has 2 heterocycles. The summed E-state index contributed by atoms with van der Waals surface area (Å²) in [6.07, 6.45) is 31.1. The fraction of sp³-hybridized carbons (Fsp3) is 0.769. The lowest BCUT2D eigenvalue weighted by Gasteiger charge is -2.21. The fourth-order valence-corrected chi connectivity index (χ4v) is 10.1. The number of nitrogens with two attached hydrogens (primary N) is 1. The van der Waals surface area contributed by atoms with E-state index in [0.29, 0.717) is 6.42 Å². The quantitative estimate of drug-likeness (QED) is 0.0116. The summed E-state index contributed by atoms with van der Waals surface area (Å²) in [4.78, 5) is 62.0. The molecule has 1 aliphatic heterocycles. The SMILES string of the molecule is CCCCCCCC/C=C/C/C=C/C=C/C(O)CCCC(=O)OC[C@H](COP(=O)(O)OP(=O)(O)OC[C@H]1O[C@@H](n2ccc(N)nc2=O)[C@H](O)[C@@H]1O)OC(=O)CCCCCCCCCCCCCCCCC(C)C. The van der Waals surface area contributed by atoms with Crippen LogP contribution < -0.4 is 11.4 Å². The van der Waals surface area contributed by atoms with E-state index in [9.17, 15) is 48.6 Å². The van der Waals surface area contributed by atoms with Gasteiger partial charge in [0.25, 0.3) is 0 Å². The van der Waals surface area contributed by atoms with Gasteiger partial charge >= 0.3 is 33.3 Å². The van der Waals surface area contributed by atoms with Crippen LogP contribution in [0, 0.1) is 5.92 Å². The van der Waals surface area contributed by atoms with E-state index >= 15 is 0 Å². The van der Waals surface area contributed by atoms with Crippen LogP contribution in [0.5, 0.6) is 0 Å². The Bertz CT molecular complexity index is 1900. The minimum Gasteiger partial charge on any atom is -0.462 e. The number of phosphoric acid groups is 2. The molecular weight excluding hydrogens is 985 g/mol. The van der Waals surface area contributed by atoms with Crippen LogP contribution in [-0.2, 0) is 46.3 Å².